The van der Waals surface area contributed by atoms with Gasteiger partial charge in [-0.2, -0.15) is 0 Å². The topological polar surface area (TPSA) is 91.3 Å². The molecule has 1 N–H and O–H groups in total. The number of carbonyl (C=O) groups is 3. The van der Waals surface area contributed by atoms with Crippen molar-refractivity contribution in [2.24, 2.45) is 5.16 Å². The highest BCUT2D eigenvalue weighted by atomic mass is 19.1. The molecule has 3 amide bonds. The van der Waals surface area contributed by atoms with Gasteiger partial charge in [0.1, 0.15) is 5.82 Å². The molecule has 1 fully saturated rings. The Bertz CT molecular complexity index is 803. The molecule has 2 aliphatic rings. The zero-order valence-corrected chi connectivity index (χ0v) is 15.9. The average Bonchev–Trinajstić information content (AvgIpc) is 3.05. The molecule has 3 rings (SSSR count). The van der Waals surface area contributed by atoms with Crippen LogP contribution in [-0.2, 0) is 14.4 Å². The fraction of sp³-hybridized carbons (Fsp3) is 0.474. The van der Waals surface area contributed by atoms with Gasteiger partial charge in [0, 0.05) is 38.2 Å². The molecule has 2 aliphatic heterocycles. The zero-order valence-electron chi connectivity index (χ0n) is 15.9. The standard InChI is InChI=1S/C19H23FN4O4/c1-13-11-19(2,28-22-13)12-21-16(25)18(27)24-9-7-23(8-10-24)17(26)14-3-5-15(20)6-4-14/h3-6H,7-12H2,1-2H3,(H,21,25). The Morgan fingerprint density at radius 2 is 1.75 bits per heavy atom. The Hall–Kier alpha value is -2.97. The molecule has 1 aromatic carbocycles. The Morgan fingerprint density at radius 3 is 2.32 bits per heavy atom. The highest BCUT2D eigenvalue weighted by Gasteiger charge is 2.35. The van der Waals surface area contributed by atoms with Crippen LogP contribution in [0.4, 0.5) is 4.39 Å². The van der Waals surface area contributed by atoms with Crippen LogP contribution in [0.2, 0.25) is 0 Å². The number of carbonyl (C=O) groups excluding carboxylic acids is 3. The predicted molar refractivity (Wildman–Crippen MR) is 99.1 cm³/mol. The van der Waals surface area contributed by atoms with E-state index >= 15 is 0 Å². The molecular weight excluding hydrogens is 367 g/mol. The summed E-state index contributed by atoms with van der Waals surface area (Å²) >= 11 is 0. The van der Waals surface area contributed by atoms with Gasteiger partial charge in [-0.1, -0.05) is 5.16 Å². The summed E-state index contributed by atoms with van der Waals surface area (Å²) in [5, 5.41) is 6.47. The molecule has 1 unspecified atom stereocenters. The van der Waals surface area contributed by atoms with Gasteiger partial charge in [0.15, 0.2) is 5.60 Å². The molecule has 0 saturated carbocycles. The van der Waals surface area contributed by atoms with E-state index in [1.54, 1.807) is 4.90 Å². The SMILES string of the molecule is CC1=NOC(C)(CNC(=O)C(=O)N2CCN(C(=O)c3ccc(F)cc3)CC2)C1. The number of oxime groups is 1. The van der Waals surface area contributed by atoms with Crippen molar-refractivity contribution in [3.63, 3.8) is 0 Å². The van der Waals surface area contributed by atoms with Gasteiger partial charge in [-0.15, -0.1) is 0 Å². The summed E-state index contributed by atoms with van der Waals surface area (Å²) in [4.78, 5) is 45.3. The minimum absolute atomic E-state index is 0.182. The van der Waals surface area contributed by atoms with Gasteiger partial charge < -0.3 is 20.0 Å². The van der Waals surface area contributed by atoms with Gasteiger partial charge in [-0.05, 0) is 38.1 Å². The Labute approximate surface area is 162 Å². The van der Waals surface area contributed by atoms with Gasteiger partial charge >= 0.3 is 11.8 Å². The Kier molecular flexibility index (Phi) is 5.62. The maximum Gasteiger partial charge on any atom is 0.312 e. The molecule has 8 nitrogen and oxygen atoms in total. The summed E-state index contributed by atoms with van der Waals surface area (Å²) in [5.74, 6) is -1.96. The molecular formula is C19H23FN4O4. The number of hydrogen-bond acceptors (Lipinski definition) is 5. The number of halogens is 1. The highest BCUT2D eigenvalue weighted by Crippen LogP contribution is 2.22. The largest absolute Gasteiger partial charge is 0.387 e. The van der Waals surface area contributed by atoms with Gasteiger partial charge in [-0.3, -0.25) is 14.4 Å². The first kappa shape index (κ1) is 19.8. The summed E-state index contributed by atoms with van der Waals surface area (Å²) in [7, 11) is 0. The summed E-state index contributed by atoms with van der Waals surface area (Å²) in [6.45, 7) is 4.97. The van der Waals surface area contributed by atoms with Crippen LogP contribution >= 0.6 is 0 Å². The summed E-state index contributed by atoms with van der Waals surface area (Å²) in [5.41, 5.74) is 0.589. The van der Waals surface area contributed by atoms with E-state index < -0.39 is 23.2 Å². The number of nitrogens with one attached hydrogen (secondary N) is 1. The van der Waals surface area contributed by atoms with Crippen molar-refractivity contribution in [1.29, 1.82) is 0 Å². The monoisotopic (exact) mass is 390 g/mol. The van der Waals surface area contributed by atoms with Crippen molar-refractivity contribution in [1.82, 2.24) is 15.1 Å². The average molecular weight is 390 g/mol. The lowest BCUT2D eigenvalue weighted by molar-refractivity contribution is -0.147. The molecule has 28 heavy (non-hydrogen) atoms. The first-order valence-electron chi connectivity index (χ1n) is 9.11. The fourth-order valence-corrected chi connectivity index (χ4v) is 3.26. The van der Waals surface area contributed by atoms with Crippen molar-refractivity contribution in [3.05, 3.63) is 35.6 Å². The van der Waals surface area contributed by atoms with Gasteiger partial charge in [-0.25, -0.2) is 4.39 Å². The number of piperazine rings is 1. The van der Waals surface area contributed by atoms with Crippen LogP contribution in [0.25, 0.3) is 0 Å². The molecule has 9 heteroatoms. The lowest BCUT2D eigenvalue weighted by Crippen LogP contribution is -2.54. The molecule has 150 valence electrons. The van der Waals surface area contributed by atoms with Gasteiger partial charge in [0.25, 0.3) is 5.91 Å². The van der Waals surface area contributed by atoms with E-state index in [1.165, 1.54) is 29.2 Å². The summed E-state index contributed by atoms with van der Waals surface area (Å²) in [6.07, 6.45) is 0.589. The zero-order chi connectivity index (χ0) is 20.3. The van der Waals surface area contributed by atoms with Crippen LogP contribution in [0.5, 0.6) is 0 Å². The fourth-order valence-electron chi connectivity index (χ4n) is 3.26. The molecule has 1 atom stereocenters. The lowest BCUT2D eigenvalue weighted by atomic mass is 10.0. The Morgan fingerprint density at radius 1 is 1.14 bits per heavy atom. The first-order valence-corrected chi connectivity index (χ1v) is 9.11. The minimum Gasteiger partial charge on any atom is -0.387 e. The predicted octanol–water partition coefficient (Wildman–Crippen LogP) is 0.781. The van der Waals surface area contributed by atoms with E-state index in [0.717, 1.165) is 5.71 Å². The van der Waals surface area contributed by atoms with E-state index in [1.807, 2.05) is 13.8 Å². The normalized spacial score (nSPS) is 21.8. The van der Waals surface area contributed by atoms with Crippen molar-refractivity contribution in [3.8, 4) is 0 Å². The van der Waals surface area contributed by atoms with Gasteiger partial charge in [0.2, 0.25) is 0 Å². The number of benzene rings is 1. The summed E-state index contributed by atoms with van der Waals surface area (Å²) in [6, 6.07) is 5.33. The first-order chi connectivity index (χ1) is 13.3. The Balaban J connectivity index is 1.47. The number of nitrogens with zero attached hydrogens (tertiary/aromatic N) is 3. The second kappa shape index (κ2) is 7.95. The second-order valence-electron chi connectivity index (χ2n) is 7.32. The van der Waals surface area contributed by atoms with Crippen LogP contribution in [-0.4, -0.2) is 71.6 Å². The molecule has 1 aromatic rings. The second-order valence-corrected chi connectivity index (χ2v) is 7.32. The quantitative estimate of drug-likeness (QED) is 0.773. The molecule has 0 aromatic heterocycles. The van der Waals surface area contributed by atoms with Crippen LogP contribution in [0.15, 0.2) is 29.4 Å². The third-order valence-corrected chi connectivity index (χ3v) is 4.81. The molecule has 0 radical (unpaired) electrons. The smallest absolute Gasteiger partial charge is 0.312 e. The molecule has 0 aliphatic carbocycles. The van der Waals surface area contributed by atoms with E-state index in [2.05, 4.69) is 10.5 Å². The molecule has 1 saturated heterocycles. The van der Waals surface area contributed by atoms with Crippen molar-refractivity contribution in [2.75, 3.05) is 32.7 Å². The van der Waals surface area contributed by atoms with Crippen LogP contribution in [0.1, 0.15) is 30.6 Å². The van der Waals surface area contributed by atoms with Crippen molar-refractivity contribution in [2.45, 2.75) is 25.9 Å². The van der Waals surface area contributed by atoms with Crippen LogP contribution in [0.3, 0.4) is 0 Å². The maximum atomic E-state index is 13.0. The van der Waals surface area contributed by atoms with E-state index in [0.29, 0.717) is 25.1 Å². The third-order valence-electron chi connectivity index (χ3n) is 4.81. The molecule has 0 spiro atoms. The summed E-state index contributed by atoms with van der Waals surface area (Å²) < 4.78 is 13.0. The van der Waals surface area contributed by atoms with Crippen molar-refractivity contribution >= 4 is 23.4 Å². The van der Waals surface area contributed by atoms with Crippen molar-refractivity contribution < 1.29 is 23.6 Å². The molecule has 2 heterocycles. The third kappa shape index (κ3) is 4.47. The van der Waals surface area contributed by atoms with E-state index in [9.17, 15) is 18.8 Å². The van der Waals surface area contributed by atoms with Crippen LogP contribution in [0, 0.1) is 5.82 Å². The number of rotatable bonds is 3. The lowest BCUT2D eigenvalue weighted by Gasteiger charge is -2.34. The number of amides is 3. The van der Waals surface area contributed by atoms with E-state index in [4.69, 9.17) is 4.84 Å². The maximum absolute atomic E-state index is 13.0. The number of hydrogen-bond donors (Lipinski definition) is 1. The molecule has 0 bridgehead atoms. The van der Waals surface area contributed by atoms with E-state index in [-0.39, 0.29) is 25.5 Å². The van der Waals surface area contributed by atoms with Crippen LogP contribution < -0.4 is 5.32 Å². The minimum atomic E-state index is -0.701. The highest BCUT2D eigenvalue weighted by molar-refractivity contribution is 6.35. The van der Waals surface area contributed by atoms with Gasteiger partial charge in [0.05, 0.1) is 12.3 Å².